The molecule has 0 aliphatic carbocycles. The Bertz CT molecular complexity index is 503. The number of esters is 1. The zero-order valence-electron chi connectivity index (χ0n) is 11.9. The standard InChI is InChI=1S/C14H18N2O5/c1-20-14(17)8-13-10-15(6-7-21-13)9-11-2-4-12(5-3-11)16(18)19/h2-5,13H,6-10H2,1H3. The molecule has 7 nitrogen and oxygen atoms in total. The Morgan fingerprint density at radius 3 is 2.81 bits per heavy atom. The maximum absolute atomic E-state index is 11.3. The third-order valence-electron chi connectivity index (χ3n) is 3.40. The number of benzene rings is 1. The van der Waals surface area contributed by atoms with E-state index in [2.05, 4.69) is 9.64 Å². The van der Waals surface area contributed by atoms with Gasteiger partial charge in [-0.2, -0.15) is 0 Å². The Hall–Kier alpha value is -1.99. The topological polar surface area (TPSA) is 81.9 Å². The number of carbonyl (C=O) groups excluding carboxylic acids is 1. The highest BCUT2D eigenvalue weighted by Crippen LogP contribution is 2.16. The Morgan fingerprint density at radius 2 is 2.19 bits per heavy atom. The number of hydrogen-bond donors (Lipinski definition) is 0. The first kappa shape index (κ1) is 15.4. The van der Waals surface area contributed by atoms with Crippen LogP contribution < -0.4 is 0 Å². The normalized spacial score (nSPS) is 19.2. The molecule has 1 fully saturated rings. The number of carbonyl (C=O) groups is 1. The monoisotopic (exact) mass is 294 g/mol. The molecule has 1 heterocycles. The van der Waals surface area contributed by atoms with Crippen LogP contribution in [0.3, 0.4) is 0 Å². The highest BCUT2D eigenvalue weighted by atomic mass is 16.6. The molecule has 1 aliphatic rings. The van der Waals surface area contributed by atoms with Crippen molar-refractivity contribution in [2.45, 2.75) is 19.1 Å². The van der Waals surface area contributed by atoms with Gasteiger partial charge >= 0.3 is 5.97 Å². The molecule has 2 rings (SSSR count). The van der Waals surface area contributed by atoms with Crippen LogP contribution in [0, 0.1) is 10.1 Å². The van der Waals surface area contributed by atoms with Crippen LogP contribution in [0.2, 0.25) is 0 Å². The van der Waals surface area contributed by atoms with Crippen molar-refractivity contribution in [2.75, 3.05) is 26.8 Å². The molecule has 1 atom stereocenters. The van der Waals surface area contributed by atoms with E-state index in [1.165, 1.54) is 19.2 Å². The van der Waals surface area contributed by atoms with E-state index in [-0.39, 0.29) is 24.2 Å². The molecule has 1 aliphatic heterocycles. The zero-order valence-corrected chi connectivity index (χ0v) is 11.9. The quantitative estimate of drug-likeness (QED) is 0.463. The molecule has 0 N–H and O–H groups in total. The summed E-state index contributed by atoms with van der Waals surface area (Å²) in [4.78, 5) is 23.6. The van der Waals surface area contributed by atoms with E-state index < -0.39 is 4.92 Å². The lowest BCUT2D eigenvalue weighted by molar-refractivity contribution is -0.384. The second kappa shape index (κ2) is 7.14. The molecule has 0 aromatic heterocycles. The number of morpholine rings is 1. The summed E-state index contributed by atoms with van der Waals surface area (Å²) >= 11 is 0. The Morgan fingerprint density at radius 1 is 1.48 bits per heavy atom. The highest BCUT2D eigenvalue weighted by molar-refractivity contribution is 5.69. The number of nitrogens with zero attached hydrogens (tertiary/aromatic N) is 2. The van der Waals surface area contributed by atoms with E-state index in [4.69, 9.17) is 4.74 Å². The van der Waals surface area contributed by atoms with Crippen LogP contribution in [0.25, 0.3) is 0 Å². The first-order valence-electron chi connectivity index (χ1n) is 6.72. The van der Waals surface area contributed by atoms with Gasteiger partial charge in [0, 0.05) is 31.8 Å². The van der Waals surface area contributed by atoms with Crippen molar-refractivity contribution in [3.05, 3.63) is 39.9 Å². The fourth-order valence-electron chi connectivity index (χ4n) is 2.30. The van der Waals surface area contributed by atoms with Gasteiger partial charge in [0.05, 0.1) is 31.2 Å². The van der Waals surface area contributed by atoms with E-state index in [0.29, 0.717) is 19.7 Å². The third kappa shape index (κ3) is 4.51. The average molecular weight is 294 g/mol. The average Bonchev–Trinajstić information content (AvgIpc) is 2.48. The predicted molar refractivity (Wildman–Crippen MR) is 74.7 cm³/mol. The summed E-state index contributed by atoms with van der Waals surface area (Å²) in [6, 6.07) is 6.51. The maximum atomic E-state index is 11.3. The van der Waals surface area contributed by atoms with Crippen LogP contribution >= 0.6 is 0 Å². The lowest BCUT2D eigenvalue weighted by atomic mass is 10.1. The molecule has 114 valence electrons. The van der Waals surface area contributed by atoms with Crippen molar-refractivity contribution in [1.29, 1.82) is 0 Å². The van der Waals surface area contributed by atoms with Gasteiger partial charge in [0.25, 0.3) is 5.69 Å². The van der Waals surface area contributed by atoms with Gasteiger partial charge in [0.15, 0.2) is 0 Å². The molecule has 1 unspecified atom stereocenters. The van der Waals surface area contributed by atoms with Crippen molar-refractivity contribution in [3.63, 3.8) is 0 Å². The minimum Gasteiger partial charge on any atom is -0.469 e. The molecule has 1 aromatic rings. The van der Waals surface area contributed by atoms with Crippen LogP contribution in [0.5, 0.6) is 0 Å². The molecule has 0 bridgehead atoms. The van der Waals surface area contributed by atoms with Crippen molar-refractivity contribution in [2.24, 2.45) is 0 Å². The summed E-state index contributed by atoms with van der Waals surface area (Å²) in [7, 11) is 1.36. The van der Waals surface area contributed by atoms with Gasteiger partial charge in [-0.05, 0) is 5.56 Å². The van der Waals surface area contributed by atoms with Crippen LogP contribution in [-0.4, -0.2) is 48.7 Å². The fourth-order valence-corrected chi connectivity index (χ4v) is 2.30. The van der Waals surface area contributed by atoms with Crippen LogP contribution in [-0.2, 0) is 20.8 Å². The molecular formula is C14H18N2O5. The first-order chi connectivity index (χ1) is 10.1. The van der Waals surface area contributed by atoms with Crippen LogP contribution in [0.1, 0.15) is 12.0 Å². The Balaban J connectivity index is 1.90. The van der Waals surface area contributed by atoms with E-state index in [1.54, 1.807) is 12.1 Å². The number of hydrogen-bond acceptors (Lipinski definition) is 6. The predicted octanol–water partition coefficient (Wildman–Crippen LogP) is 1.36. The summed E-state index contributed by atoms with van der Waals surface area (Å²) in [5, 5.41) is 10.6. The lowest BCUT2D eigenvalue weighted by Gasteiger charge is -2.32. The van der Waals surface area contributed by atoms with Gasteiger partial charge in [0.2, 0.25) is 0 Å². The molecule has 21 heavy (non-hydrogen) atoms. The lowest BCUT2D eigenvalue weighted by Crippen LogP contribution is -2.42. The molecule has 0 amide bonds. The first-order valence-corrected chi connectivity index (χ1v) is 6.72. The van der Waals surface area contributed by atoms with Crippen molar-refractivity contribution in [1.82, 2.24) is 4.90 Å². The SMILES string of the molecule is COC(=O)CC1CN(Cc2ccc([N+](=O)[O-])cc2)CCO1. The van der Waals surface area contributed by atoms with Crippen molar-refractivity contribution >= 4 is 11.7 Å². The number of methoxy groups -OCH3 is 1. The van der Waals surface area contributed by atoms with Crippen LogP contribution in [0.15, 0.2) is 24.3 Å². The smallest absolute Gasteiger partial charge is 0.308 e. The van der Waals surface area contributed by atoms with Gasteiger partial charge in [-0.1, -0.05) is 12.1 Å². The minimum absolute atomic E-state index is 0.0873. The molecule has 0 spiro atoms. The van der Waals surface area contributed by atoms with Gasteiger partial charge in [-0.15, -0.1) is 0 Å². The molecule has 7 heteroatoms. The number of non-ortho nitro benzene ring substituents is 1. The summed E-state index contributed by atoms with van der Waals surface area (Å²) < 4.78 is 10.2. The molecule has 0 saturated carbocycles. The fraction of sp³-hybridized carbons (Fsp3) is 0.500. The highest BCUT2D eigenvalue weighted by Gasteiger charge is 2.23. The second-order valence-corrected chi connectivity index (χ2v) is 4.93. The van der Waals surface area contributed by atoms with E-state index in [9.17, 15) is 14.9 Å². The number of ether oxygens (including phenoxy) is 2. The van der Waals surface area contributed by atoms with Gasteiger partial charge in [0.1, 0.15) is 0 Å². The largest absolute Gasteiger partial charge is 0.469 e. The summed E-state index contributed by atoms with van der Waals surface area (Å²) in [6.07, 6.45) is 0.0806. The van der Waals surface area contributed by atoms with Gasteiger partial charge < -0.3 is 9.47 Å². The number of rotatable bonds is 5. The zero-order chi connectivity index (χ0) is 15.2. The maximum Gasteiger partial charge on any atom is 0.308 e. The second-order valence-electron chi connectivity index (χ2n) is 4.93. The van der Waals surface area contributed by atoms with E-state index in [0.717, 1.165) is 12.1 Å². The molecule has 1 saturated heterocycles. The van der Waals surface area contributed by atoms with E-state index in [1.807, 2.05) is 0 Å². The summed E-state index contributed by atoms with van der Waals surface area (Å²) in [5.74, 6) is -0.280. The van der Waals surface area contributed by atoms with Crippen molar-refractivity contribution in [3.8, 4) is 0 Å². The molecular weight excluding hydrogens is 276 g/mol. The summed E-state index contributed by atoms with van der Waals surface area (Å²) in [6.45, 7) is 2.66. The number of nitro groups is 1. The molecule has 0 radical (unpaired) electrons. The third-order valence-corrected chi connectivity index (χ3v) is 3.40. The van der Waals surface area contributed by atoms with Crippen molar-refractivity contribution < 1.29 is 19.2 Å². The van der Waals surface area contributed by atoms with E-state index >= 15 is 0 Å². The molecule has 1 aromatic carbocycles. The number of nitro benzene ring substituents is 1. The Kier molecular flexibility index (Phi) is 5.24. The van der Waals surface area contributed by atoms with Gasteiger partial charge in [-0.3, -0.25) is 19.8 Å². The van der Waals surface area contributed by atoms with Crippen LogP contribution in [0.4, 0.5) is 5.69 Å². The minimum atomic E-state index is -0.412. The van der Waals surface area contributed by atoms with Gasteiger partial charge in [-0.25, -0.2) is 0 Å². The Labute approximate surface area is 122 Å². The summed E-state index contributed by atoms with van der Waals surface area (Å²) in [5.41, 5.74) is 1.09.